The molecule has 0 aliphatic heterocycles. The standard InChI is InChI=1S/C11H17N5O2/c1-6(2)16-9(8(18-3)5-14-16)10(17)7-4-13-15-11(7)12/h4-6,10,17H,1-3H3,(H3,12,13,15). The van der Waals surface area contributed by atoms with E-state index in [-0.39, 0.29) is 6.04 Å². The van der Waals surface area contributed by atoms with Gasteiger partial charge in [0.2, 0.25) is 0 Å². The van der Waals surface area contributed by atoms with Gasteiger partial charge in [-0.2, -0.15) is 10.2 Å². The predicted octanol–water partition coefficient (Wildman–Crippen LogP) is 0.860. The van der Waals surface area contributed by atoms with Gasteiger partial charge >= 0.3 is 0 Å². The summed E-state index contributed by atoms with van der Waals surface area (Å²) in [5.41, 5.74) is 6.80. The number of hydrogen-bond acceptors (Lipinski definition) is 5. The number of ether oxygens (including phenoxy) is 1. The molecule has 1 unspecified atom stereocenters. The molecule has 1 atom stereocenters. The molecule has 0 spiro atoms. The average Bonchev–Trinajstić information content (AvgIpc) is 2.93. The van der Waals surface area contributed by atoms with Gasteiger partial charge in [-0.25, -0.2) is 0 Å². The predicted molar refractivity (Wildman–Crippen MR) is 66.2 cm³/mol. The van der Waals surface area contributed by atoms with Crippen molar-refractivity contribution in [2.45, 2.75) is 26.0 Å². The number of aliphatic hydroxyl groups excluding tert-OH is 1. The zero-order valence-corrected chi connectivity index (χ0v) is 10.6. The number of nitrogen functional groups attached to an aromatic ring is 1. The molecule has 98 valence electrons. The summed E-state index contributed by atoms with van der Waals surface area (Å²) < 4.78 is 6.92. The molecule has 0 aromatic carbocycles. The molecule has 2 heterocycles. The number of rotatable bonds is 4. The van der Waals surface area contributed by atoms with E-state index in [1.54, 1.807) is 10.9 Å². The highest BCUT2D eigenvalue weighted by Gasteiger charge is 2.25. The van der Waals surface area contributed by atoms with Crippen LogP contribution >= 0.6 is 0 Å². The normalized spacial score (nSPS) is 12.9. The van der Waals surface area contributed by atoms with Crippen LogP contribution < -0.4 is 10.5 Å². The summed E-state index contributed by atoms with van der Waals surface area (Å²) in [5, 5.41) is 21.0. The largest absolute Gasteiger partial charge is 0.493 e. The molecule has 0 saturated heterocycles. The fourth-order valence-corrected chi connectivity index (χ4v) is 1.86. The number of aromatic nitrogens is 4. The number of H-pyrrole nitrogens is 1. The van der Waals surface area contributed by atoms with Crippen LogP contribution in [-0.2, 0) is 0 Å². The molecule has 7 heteroatoms. The summed E-state index contributed by atoms with van der Waals surface area (Å²) >= 11 is 0. The Morgan fingerprint density at radius 1 is 1.44 bits per heavy atom. The highest BCUT2D eigenvalue weighted by Crippen LogP contribution is 2.33. The zero-order chi connectivity index (χ0) is 13.3. The lowest BCUT2D eigenvalue weighted by Crippen LogP contribution is -2.13. The van der Waals surface area contributed by atoms with Gasteiger partial charge in [0.15, 0.2) is 5.75 Å². The van der Waals surface area contributed by atoms with E-state index in [0.29, 0.717) is 22.8 Å². The van der Waals surface area contributed by atoms with E-state index in [1.165, 1.54) is 13.3 Å². The van der Waals surface area contributed by atoms with E-state index in [2.05, 4.69) is 15.3 Å². The molecule has 0 bridgehead atoms. The van der Waals surface area contributed by atoms with Crippen molar-refractivity contribution in [1.82, 2.24) is 20.0 Å². The molecule has 2 aromatic rings. The van der Waals surface area contributed by atoms with Crippen molar-refractivity contribution >= 4 is 5.82 Å². The van der Waals surface area contributed by atoms with E-state index in [0.717, 1.165) is 0 Å². The van der Waals surface area contributed by atoms with Gasteiger partial charge in [0, 0.05) is 11.6 Å². The van der Waals surface area contributed by atoms with Gasteiger partial charge in [0.1, 0.15) is 17.6 Å². The molecule has 0 amide bonds. The SMILES string of the molecule is COc1cnn(C(C)C)c1C(O)c1cn[nH]c1N. The number of nitrogens with two attached hydrogens (primary N) is 1. The lowest BCUT2D eigenvalue weighted by Gasteiger charge is -2.16. The van der Waals surface area contributed by atoms with Gasteiger partial charge in [0.25, 0.3) is 0 Å². The molecule has 0 fully saturated rings. The first-order valence-electron chi connectivity index (χ1n) is 5.64. The molecule has 4 N–H and O–H groups in total. The summed E-state index contributed by atoms with van der Waals surface area (Å²) in [5.74, 6) is 0.859. The second-order valence-electron chi connectivity index (χ2n) is 4.28. The van der Waals surface area contributed by atoms with Gasteiger partial charge in [-0.15, -0.1) is 0 Å². The van der Waals surface area contributed by atoms with Crippen LogP contribution in [0, 0.1) is 0 Å². The summed E-state index contributed by atoms with van der Waals surface area (Å²) in [7, 11) is 1.54. The van der Waals surface area contributed by atoms with Crippen LogP contribution in [0.1, 0.15) is 37.3 Å². The molecule has 2 aromatic heterocycles. The van der Waals surface area contributed by atoms with E-state index < -0.39 is 6.10 Å². The van der Waals surface area contributed by atoms with Crippen molar-refractivity contribution in [2.75, 3.05) is 12.8 Å². The topological polar surface area (TPSA) is 102 Å². The van der Waals surface area contributed by atoms with Crippen molar-refractivity contribution in [3.8, 4) is 5.75 Å². The lowest BCUT2D eigenvalue weighted by molar-refractivity contribution is 0.200. The van der Waals surface area contributed by atoms with Crippen molar-refractivity contribution < 1.29 is 9.84 Å². The van der Waals surface area contributed by atoms with Crippen molar-refractivity contribution in [2.24, 2.45) is 0 Å². The van der Waals surface area contributed by atoms with Crippen molar-refractivity contribution in [1.29, 1.82) is 0 Å². The monoisotopic (exact) mass is 251 g/mol. The number of aromatic amines is 1. The maximum absolute atomic E-state index is 10.4. The Hall–Kier alpha value is -2.02. The molecule has 7 nitrogen and oxygen atoms in total. The average molecular weight is 251 g/mol. The van der Waals surface area contributed by atoms with Crippen LogP contribution in [-0.4, -0.2) is 32.2 Å². The van der Waals surface area contributed by atoms with E-state index in [9.17, 15) is 5.11 Å². The van der Waals surface area contributed by atoms with Gasteiger partial charge in [-0.05, 0) is 13.8 Å². The molecule has 0 radical (unpaired) electrons. The molecule has 0 aliphatic rings. The Bertz CT molecular complexity index is 531. The van der Waals surface area contributed by atoms with Crippen LogP contribution in [0.2, 0.25) is 0 Å². The molecule has 0 saturated carbocycles. The lowest BCUT2D eigenvalue weighted by atomic mass is 10.1. The number of aliphatic hydroxyl groups is 1. The summed E-state index contributed by atoms with van der Waals surface area (Å²) in [6.07, 6.45) is 2.15. The van der Waals surface area contributed by atoms with Crippen LogP contribution in [0.5, 0.6) is 5.75 Å². The van der Waals surface area contributed by atoms with Gasteiger partial charge in [-0.1, -0.05) is 0 Å². The zero-order valence-electron chi connectivity index (χ0n) is 10.6. The van der Waals surface area contributed by atoms with Crippen LogP contribution in [0.15, 0.2) is 12.4 Å². The second-order valence-corrected chi connectivity index (χ2v) is 4.28. The molecule has 18 heavy (non-hydrogen) atoms. The minimum atomic E-state index is -0.927. The highest BCUT2D eigenvalue weighted by atomic mass is 16.5. The number of anilines is 1. The Balaban J connectivity index is 2.49. The Morgan fingerprint density at radius 3 is 2.67 bits per heavy atom. The number of nitrogens with zero attached hydrogens (tertiary/aromatic N) is 3. The van der Waals surface area contributed by atoms with E-state index >= 15 is 0 Å². The smallest absolute Gasteiger partial charge is 0.163 e. The Kier molecular flexibility index (Phi) is 3.24. The minimum Gasteiger partial charge on any atom is -0.493 e. The third-order valence-corrected chi connectivity index (χ3v) is 2.76. The van der Waals surface area contributed by atoms with E-state index in [1.807, 2.05) is 13.8 Å². The quantitative estimate of drug-likeness (QED) is 0.748. The minimum absolute atomic E-state index is 0.103. The van der Waals surface area contributed by atoms with Gasteiger partial charge in [0.05, 0.1) is 19.5 Å². The van der Waals surface area contributed by atoms with Crippen LogP contribution in [0.25, 0.3) is 0 Å². The number of hydrogen-bond donors (Lipinski definition) is 3. The fraction of sp³-hybridized carbons (Fsp3) is 0.455. The Morgan fingerprint density at radius 2 is 2.17 bits per heavy atom. The van der Waals surface area contributed by atoms with Crippen molar-refractivity contribution in [3.63, 3.8) is 0 Å². The van der Waals surface area contributed by atoms with Gasteiger partial charge < -0.3 is 15.6 Å². The summed E-state index contributed by atoms with van der Waals surface area (Å²) in [6.45, 7) is 3.95. The maximum atomic E-state index is 10.4. The fourth-order valence-electron chi connectivity index (χ4n) is 1.86. The second kappa shape index (κ2) is 4.69. The summed E-state index contributed by atoms with van der Waals surface area (Å²) in [6, 6.07) is 0.103. The third-order valence-electron chi connectivity index (χ3n) is 2.76. The first kappa shape index (κ1) is 12.4. The van der Waals surface area contributed by atoms with Crippen LogP contribution in [0.4, 0.5) is 5.82 Å². The van der Waals surface area contributed by atoms with Crippen molar-refractivity contribution in [3.05, 3.63) is 23.7 Å². The third kappa shape index (κ3) is 1.92. The first-order valence-corrected chi connectivity index (χ1v) is 5.64. The molecule has 2 rings (SSSR count). The molecular weight excluding hydrogens is 234 g/mol. The number of nitrogens with one attached hydrogen (secondary N) is 1. The molecular formula is C11H17N5O2. The van der Waals surface area contributed by atoms with E-state index in [4.69, 9.17) is 10.5 Å². The Labute approximate surface area is 105 Å². The first-order chi connectivity index (χ1) is 8.56. The van der Waals surface area contributed by atoms with Crippen LogP contribution in [0.3, 0.4) is 0 Å². The summed E-state index contributed by atoms with van der Waals surface area (Å²) in [4.78, 5) is 0. The highest BCUT2D eigenvalue weighted by molar-refractivity contribution is 5.44. The number of methoxy groups -OCH3 is 1. The maximum Gasteiger partial charge on any atom is 0.163 e. The van der Waals surface area contributed by atoms with Gasteiger partial charge in [-0.3, -0.25) is 9.78 Å². The molecule has 0 aliphatic carbocycles.